The molecule has 5 nitrogen and oxygen atoms in total. The maximum atomic E-state index is 11.8. The lowest BCUT2D eigenvalue weighted by atomic mass is 10.1. The Balaban J connectivity index is 2.49. The highest BCUT2D eigenvalue weighted by molar-refractivity contribution is 6.01. The van der Waals surface area contributed by atoms with E-state index in [0.29, 0.717) is 0 Å². The van der Waals surface area contributed by atoms with Crippen LogP contribution in [0.3, 0.4) is 0 Å². The van der Waals surface area contributed by atoms with Crippen LogP contribution in [0.5, 0.6) is 0 Å². The molecule has 0 spiro atoms. The average Bonchev–Trinajstić information content (AvgIpc) is 2.82. The molecule has 110 valence electrons. The molecule has 21 heavy (non-hydrogen) atoms. The van der Waals surface area contributed by atoms with Crippen molar-refractivity contribution in [3.63, 3.8) is 0 Å². The van der Waals surface area contributed by atoms with Gasteiger partial charge in [-0.1, -0.05) is 18.2 Å². The topological polar surface area (TPSA) is 57.5 Å². The van der Waals surface area contributed by atoms with E-state index in [1.165, 1.54) is 14.2 Å². The highest BCUT2D eigenvalue weighted by Gasteiger charge is 2.16. The quantitative estimate of drug-likeness (QED) is 0.639. The minimum absolute atomic E-state index is 0.119. The first-order chi connectivity index (χ1) is 10.1. The number of aryl methyl sites for hydroxylation is 1. The van der Waals surface area contributed by atoms with Gasteiger partial charge in [0.25, 0.3) is 0 Å². The zero-order valence-corrected chi connectivity index (χ0v) is 12.3. The first-order valence-corrected chi connectivity index (χ1v) is 6.46. The van der Waals surface area contributed by atoms with Crippen LogP contribution in [0.2, 0.25) is 0 Å². The van der Waals surface area contributed by atoms with Gasteiger partial charge in [0, 0.05) is 35.3 Å². The molecule has 0 aliphatic carbocycles. The number of ether oxygens (including phenoxy) is 2. The standard InChI is InChI=1S/C16H17NO4/c1-17-10-12(13-6-4-5-7-14(13)17)8-11(16(19)21-3)9-15(18)20-2/h4-8,10H,9H2,1-3H3/b11-8-. The molecule has 0 aliphatic heterocycles. The van der Waals surface area contributed by atoms with Gasteiger partial charge in [0.1, 0.15) is 0 Å². The maximum Gasteiger partial charge on any atom is 0.334 e. The number of fused-ring (bicyclic) bond motifs is 1. The van der Waals surface area contributed by atoms with Gasteiger partial charge in [-0.2, -0.15) is 0 Å². The summed E-state index contributed by atoms with van der Waals surface area (Å²) in [6.45, 7) is 0. The van der Waals surface area contributed by atoms with Gasteiger partial charge in [0.05, 0.1) is 20.6 Å². The van der Waals surface area contributed by atoms with Gasteiger partial charge in [-0.3, -0.25) is 4.79 Å². The number of para-hydroxylation sites is 1. The first-order valence-electron chi connectivity index (χ1n) is 6.46. The summed E-state index contributed by atoms with van der Waals surface area (Å²) < 4.78 is 11.3. The van der Waals surface area contributed by atoms with Gasteiger partial charge in [-0.15, -0.1) is 0 Å². The van der Waals surface area contributed by atoms with Crippen LogP contribution in [0.1, 0.15) is 12.0 Å². The Morgan fingerprint density at radius 1 is 1.19 bits per heavy atom. The molecule has 0 saturated carbocycles. The predicted octanol–water partition coefficient (Wildman–Crippen LogP) is 2.30. The number of carbonyl (C=O) groups excluding carboxylic acids is 2. The summed E-state index contributed by atoms with van der Waals surface area (Å²) in [5, 5.41) is 1.01. The highest BCUT2D eigenvalue weighted by Crippen LogP contribution is 2.23. The van der Waals surface area contributed by atoms with Crippen LogP contribution >= 0.6 is 0 Å². The minimum atomic E-state index is -0.534. The number of benzene rings is 1. The molecule has 0 amide bonds. The average molecular weight is 287 g/mol. The Bertz CT molecular complexity index is 712. The SMILES string of the molecule is COC(=O)C/C(=C/c1cn(C)c2ccccc12)C(=O)OC. The predicted molar refractivity (Wildman–Crippen MR) is 79.5 cm³/mol. The van der Waals surface area contributed by atoms with Gasteiger partial charge in [-0.25, -0.2) is 4.79 Å². The van der Waals surface area contributed by atoms with Crippen molar-refractivity contribution in [3.8, 4) is 0 Å². The summed E-state index contributed by atoms with van der Waals surface area (Å²) in [5.74, 6) is -1.01. The van der Waals surface area contributed by atoms with E-state index in [1.807, 2.05) is 42.1 Å². The summed E-state index contributed by atoms with van der Waals surface area (Å²) in [7, 11) is 4.50. The van der Waals surface area contributed by atoms with E-state index in [4.69, 9.17) is 4.74 Å². The normalized spacial score (nSPS) is 11.5. The molecule has 1 heterocycles. The fourth-order valence-corrected chi connectivity index (χ4v) is 2.22. The van der Waals surface area contributed by atoms with Crippen molar-refractivity contribution in [3.05, 3.63) is 41.6 Å². The van der Waals surface area contributed by atoms with E-state index in [2.05, 4.69) is 4.74 Å². The van der Waals surface area contributed by atoms with Crippen molar-refractivity contribution in [1.29, 1.82) is 0 Å². The molecule has 0 aliphatic rings. The lowest BCUT2D eigenvalue weighted by Crippen LogP contribution is -2.10. The third-order valence-electron chi connectivity index (χ3n) is 3.27. The molecule has 0 bridgehead atoms. The fourth-order valence-electron chi connectivity index (χ4n) is 2.22. The third-order valence-corrected chi connectivity index (χ3v) is 3.27. The lowest BCUT2D eigenvalue weighted by molar-refractivity contribution is -0.143. The van der Waals surface area contributed by atoms with E-state index < -0.39 is 11.9 Å². The van der Waals surface area contributed by atoms with E-state index >= 15 is 0 Å². The lowest BCUT2D eigenvalue weighted by Gasteiger charge is -2.04. The molecular weight excluding hydrogens is 270 g/mol. The van der Waals surface area contributed by atoms with E-state index in [-0.39, 0.29) is 12.0 Å². The molecular formula is C16H17NO4. The number of rotatable bonds is 4. The summed E-state index contributed by atoms with van der Waals surface area (Å²) in [6.07, 6.45) is 3.46. The van der Waals surface area contributed by atoms with Crippen LogP contribution < -0.4 is 0 Å². The van der Waals surface area contributed by atoms with Crippen LogP contribution in [0.4, 0.5) is 0 Å². The number of hydrogen-bond acceptors (Lipinski definition) is 4. The second-order valence-electron chi connectivity index (χ2n) is 4.63. The van der Waals surface area contributed by atoms with E-state index in [0.717, 1.165) is 16.5 Å². The molecule has 0 saturated heterocycles. The van der Waals surface area contributed by atoms with Crippen molar-refractivity contribution >= 4 is 28.9 Å². The van der Waals surface area contributed by atoms with Crippen LogP contribution in [0.25, 0.3) is 17.0 Å². The monoisotopic (exact) mass is 287 g/mol. The molecule has 1 aromatic heterocycles. The second-order valence-corrected chi connectivity index (χ2v) is 4.63. The number of nitrogens with zero attached hydrogens (tertiary/aromatic N) is 1. The van der Waals surface area contributed by atoms with E-state index in [9.17, 15) is 9.59 Å². The van der Waals surface area contributed by atoms with Gasteiger partial charge in [-0.05, 0) is 12.1 Å². The molecule has 0 fully saturated rings. The van der Waals surface area contributed by atoms with Crippen molar-refractivity contribution in [2.75, 3.05) is 14.2 Å². The molecule has 1 aromatic carbocycles. The molecule has 5 heteroatoms. The summed E-state index contributed by atoms with van der Waals surface area (Å²) >= 11 is 0. The highest BCUT2D eigenvalue weighted by atomic mass is 16.5. The summed E-state index contributed by atoms with van der Waals surface area (Å²) in [5.41, 5.74) is 2.17. The third kappa shape index (κ3) is 3.13. The van der Waals surface area contributed by atoms with Crippen molar-refractivity contribution in [2.24, 2.45) is 7.05 Å². The molecule has 0 atom stereocenters. The van der Waals surface area contributed by atoms with Crippen molar-refractivity contribution in [2.45, 2.75) is 6.42 Å². The van der Waals surface area contributed by atoms with Crippen molar-refractivity contribution in [1.82, 2.24) is 4.57 Å². The molecule has 2 aromatic rings. The Labute approximate surface area is 122 Å². The number of esters is 2. The Kier molecular flexibility index (Phi) is 4.42. The first kappa shape index (κ1) is 14.8. The summed E-state index contributed by atoms with van der Waals surface area (Å²) in [4.78, 5) is 23.2. The molecule has 0 radical (unpaired) electrons. The number of carbonyl (C=O) groups is 2. The van der Waals surface area contributed by atoms with Crippen LogP contribution in [-0.2, 0) is 26.1 Å². The zero-order chi connectivity index (χ0) is 15.4. The molecule has 0 unspecified atom stereocenters. The fraction of sp³-hybridized carbons (Fsp3) is 0.250. The van der Waals surface area contributed by atoms with Crippen LogP contribution in [0.15, 0.2) is 36.0 Å². The van der Waals surface area contributed by atoms with Gasteiger partial charge >= 0.3 is 11.9 Å². The summed E-state index contributed by atoms with van der Waals surface area (Å²) in [6, 6.07) is 7.84. The van der Waals surface area contributed by atoms with Crippen LogP contribution in [0, 0.1) is 0 Å². The number of hydrogen-bond donors (Lipinski definition) is 0. The van der Waals surface area contributed by atoms with Gasteiger partial charge in [0.2, 0.25) is 0 Å². The van der Waals surface area contributed by atoms with Crippen LogP contribution in [-0.4, -0.2) is 30.7 Å². The minimum Gasteiger partial charge on any atom is -0.469 e. The zero-order valence-electron chi connectivity index (χ0n) is 12.3. The number of methoxy groups -OCH3 is 2. The van der Waals surface area contributed by atoms with Gasteiger partial charge < -0.3 is 14.0 Å². The largest absolute Gasteiger partial charge is 0.469 e. The molecule has 0 N–H and O–H groups in total. The van der Waals surface area contributed by atoms with Crippen molar-refractivity contribution < 1.29 is 19.1 Å². The molecule has 2 rings (SSSR count). The second kappa shape index (κ2) is 6.26. The van der Waals surface area contributed by atoms with Gasteiger partial charge in [0.15, 0.2) is 0 Å². The number of aromatic nitrogens is 1. The smallest absolute Gasteiger partial charge is 0.334 e. The Morgan fingerprint density at radius 2 is 1.90 bits per heavy atom. The van der Waals surface area contributed by atoms with E-state index in [1.54, 1.807) is 6.08 Å². The Hall–Kier alpha value is -2.56. The Morgan fingerprint density at radius 3 is 2.57 bits per heavy atom. The maximum absolute atomic E-state index is 11.8.